The van der Waals surface area contributed by atoms with Crippen LogP contribution in [0.2, 0.25) is 0 Å². The lowest BCUT2D eigenvalue weighted by Gasteiger charge is -2.16. The summed E-state index contributed by atoms with van der Waals surface area (Å²) < 4.78 is 5.88. The highest BCUT2D eigenvalue weighted by Gasteiger charge is 2.29. The first-order valence-corrected chi connectivity index (χ1v) is 7.32. The molecule has 0 aromatic heterocycles. The highest BCUT2D eigenvalue weighted by Crippen LogP contribution is 2.35. The van der Waals surface area contributed by atoms with E-state index in [-0.39, 0.29) is 5.60 Å². The molecule has 3 nitrogen and oxygen atoms in total. The Bertz CT molecular complexity index is 608. The number of hydrogen-bond acceptors (Lipinski definition) is 3. The maximum Gasteiger partial charge on any atom is 0.123 e. The molecular weight excluding hydrogens is 262 g/mol. The predicted octanol–water partition coefficient (Wildman–Crippen LogP) is 3.62. The van der Waals surface area contributed by atoms with Crippen molar-refractivity contribution in [3.63, 3.8) is 0 Å². The monoisotopic (exact) mass is 283 g/mol. The van der Waals surface area contributed by atoms with Gasteiger partial charge in [-0.25, -0.2) is 0 Å². The molecule has 2 aromatic rings. The molecule has 3 rings (SSSR count). The predicted molar refractivity (Wildman–Crippen MR) is 82.9 cm³/mol. The Morgan fingerprint density at radius 2 is 1.90 bits per heavy atom. The molecule has 0 fully saturated rings. The van der Waals surface area contributed by atoms with Crippen LogP contribution in [-0.2, 0) is 24.4 Å². The second-order valence-electron chi connectivity index (χ2n) is 6.08. The fourth-order valence-corrected chi connectivity index (χ4v) is 2.62. The van der Waals surface area contributed by atoms with Gasteiger partial charge >= 0.3 is 0 Å². The van der Waals surface area contributed by atoms with Gasteiger partial charge in [0.2, 0.25) is 0 Å². The Morgan fingerprint density at radius 3 is 2.71 bits per heavy atom. The van der Waals surface area contributed by atoms with E-state index in [1.807, 2.05) is 18.2 Å². The molecule has 0 bridgehead atoms. The van der Waals surface area contributed by atoms with Gasteiger partial charge in [0.1, 0.15) is 11.4 Å². The van der Waals surface area contributed by atoms with Crippen LogP contribution in [0.25, 0.3) is 0 Å². The van der Waals surface area contributed by atoms with Gasteiger partial charge in [0.15, 0.2) is 0 Å². The molecule has 1 N–H and O–H groups in total. The van der Waals surface area contributed by atoms with Gasteiger partial charge in [-0.2, -0.15) is 5.48 Å². The molecule has 21 heavy (non-hydrogen) atoms. The second kappa shape index (κ2) is 5.88. The summed E-state index contributed by atoms with van der Waals surface area (Å²) in [4.78, 5) is 5.50. The van der Waals surface area contributed by atoms with Crippen molar-refractivity contribution in [1.82, 2.24) is 5.48 Å². The van der Waals surface area contributed by atoms with E-state index in [1.165, 1.54) is 11.1 Å². The highest BCUT2D eigenvalue weighted by atomic mass is 16.6. The molecule has 0 spiro atoms. The van der Waals surface area contributed by atoms with Crippen molar-refractivity contribution in [2.24, 2.45) is 0 Å². The Hall–Kier alpha value is -1.84. The van der Waals surface area contributed by atoms with Crippen molar-refractivity contribution in [3.05, 3.63) is 65.2 Å². The summed E-state index contributed by atoms with van der Waals surface area (Å²) in [6, 6.07) is 16.5. The first-order valence-electron chi connectivity index (χ1n) is 7.32. The summed E-state index contributed by atoms with van der Waals surface area (Å²) >= 11 is 0. The van der Waals surface area contributed by atoms with Crippen LogP contribution in [0, 0.1) is 0 Å². The number of hydrogen-bond donors (Lipinski definition) is 1. The van der Waals surface area contributed by atoms with Crippen LogP contribution in [0.1, 0.15) is 30.5 Å². The number of fused-ring (bicyclic) bond motifs is 1. The van der Waals surface area contributed by atoms with Crippen molar-refractivity contribution in [2.45, 2.75) is 39.0 Å². The summed E-state index contributed by atoms with van der Waals surface area (Å²) in [6.07, 6.45) is 0.959. The number of ether oxygens (including phenoxy) is 1. The molecule has 0 saturated carbocycles. The summed E-state index contributed by atoms with van der Waals surface area (Å²) in [6.45, 7) is 5.50. The molecule has 0 radical (unpaired) electrons. The number of hydroxylamine groups is 1. The Kier molecular flexibility index (Phi) is 3.95. The number of nitrogens with one attached hydrogen (secondary N) is 1. The van der Waals surface area contributed by atoms with E-state index in [9.17, 15) is 0 Å². The molecule has 110 valence electrons. The van der Waals surface area contributed by atoms with E-state index in [0.29, 0.717) is 13.2 Å². The van der Waals surface area contributed by atoms with Crippen molar-refractivity contribution < 1.29 is 9.57 Å². The largest absolute Gasteiger partial charge is 0.487 e. The lowest BCUT2D eigenvalue weighted by atomic mass is 10.0. The molecule has 2 aromatic carbocycles. The maximum atomic E-state index is 5.88. The van der Waals surface area contributed by atoms with Crippen molar-refractivity contribution in [3.8, 4) is 5.75 Å². The molecule has 3 heteroatoms. The SMILES string of the molecule is CC1(C)Cc2cc(CNOCc3ccccc3)ccc2O1. The maximum absolute atomic E-state index is 5.88. The summed E-state index contributed by atoms with van der Waals surface area (Å²) in [5.74, 6) is 1.01. The third-order valence-corrected chi connectivity index (χ3v) is 3.59. The smallest absolute Gasteiger partial charge is 0.123 e. The average molecular weight is 283 g/mol. The van der Waals surface area contributed by atoms with E-state index >= 15 is 0 Å². The number of benzene rings is 2. The highest BCUT2D eigenvalue weighted by molar-refractivity contribution is 5.41. The molecule has 0 atom stereocenters. The van der Waals surface area contributed by atoms with Gasteiger partial charge < -0.3 is 4.74 Å². The minimum Gasteiger partial charge on any atom is -0.487 e. The average Bonchev–Trinajstić information content (AvgIpc) is 2.78. The second-order valence-corrected chi connectivity index (χ2v) is 6.08. The van der Waals surface area contributed by atoms with Gasteiger partial charge in [-0.05, 0) is 36.6 Å². The molecule has 0 aliphatic carbocycles. The Labute approximate surface area is 125 Å². The zero-order chi connectivity index (χ0) is 14.7. The van der Waals surface area contributed by atoms with Gasteiger partial charge in [0.05, 0.1) is 6.61 Å². The molecule has 0 unspecified atom stereocenters. The van der Waals surface area contributed by atoms with E-state index in [0.717, 1.165) is 17.7 Å². The van der Waals surface area contributed by atoms with Gasteiger partial charge in [0, 0.05) is 13.0 Å². The minimum atomic E-state index is -0.0851. The molecule has 1 heterocycles. The van der Waals surface area contributed by atoms with E-state index in [1.54, 1.807) is 0 Å². The van der Waals surface area contributed by atoms with Crippen LogP contribution >= 0.6 is 0 Å². The zero-order valence-corrected chi connectivity index (χ0v) is 12.6. The molecule has 1 aliphatic heterocycles. The normalized spacial score (nSPS) is 15.5. The van der Waals surface area contributed by atoms with Crippen molar-refractivity contribution in [2.75, 3.05) is 0 Å². The first kappa shape index (κ1) is 14.1. The third kappa shape index (κ3) is 3.63. The Morgan fingerprint density at radius 1 is 1.10 bits per heavy atom. The fourth-order valence-electron chi connectivity index (χ4n) is 2.62. The van der Waals surface area contributed by atoms with Gasteiger partial charge in [-0.1, -0.05) is 42.5 Å². The summed E-state index contributed by atoms with van der Waals surface area (Å²) in [5, 5.41) is 0. The van der Waals surface area contributed by atoms with Crippen molar-refractivity contribution >= 4 is 0 Å². The molecule has 0 amide bonds. The number of rotatable bonds is 5. The van der Waals surface area contributed by atoms with Crippen LogP contribution in [0.4, 0.5) is 0 Å². The van der Waals surface area contributed by atoms with E-state index in [2.05, 4.69) is 49.7 Å². The van der Waals surface area contributed by atoms with Gasteiger partial charge in [0.25, 0.3) is 0 Å². The van der Waals surface area contributed by atoms with Crippen LogP contribution < -0.4 is 10.2 Å². The van der Waals surface area contributed by atoms with Gasteiger partial charge in [-0.3, -0.25) is 4.84 Å². The summed E-state index contributed by atoms with van der Waals surface area (Å²) in [5.41, 5.74) is 6.59. The molecular formula is C18H21NO2. The Balaban J connectivity index is 1.51. The molecule has 0 saturated heterocycles. The first-order chi connectivity index (χ1) is 10.1. The van der Waals surface area contributed by atoms with Crippen LogP contribution in [-0.4, -0.2) is 5.60 Å². The lowest BCUT2D eigenvalue weighted by molar-refractivity contribution is 0.0235. The van der Waals surface area contributed by atoms with E-state index < -0.39 is 0 Å². The van der Waals surface area contributed by atoms with Gasteiger partial charge in [-0.15, -0.1) is 0 Å². The standard InChI is InChI=1S/C18H21NO2/c1-18(2)11-16-10-15(8-9-17(16)21-18)12-19-20-13-14-6-4-3-5-7-14/h3-10,19H,11-13H2,1-2H3. The van der Waals surface area contributed by atoms with E-state index in [4.69, 9.17) is 9.57 Å². The summed E-state index contributed by atoms with van der Waals surface area (Å²) in [7, 11) is 0. The quantitative estimate of drug-likeness (QED) is 0.671. The minimum absolute atomic E-state index is 0.0851. The van der Waals surface area contributed by atoms with Crippen LogP contribution in [0.5, 0.6) is 5.75 Å². The fraction of sp³-hybridized carbons (Fsp3) is 0.333. The third-order valence-electron chi connectivity index (χ3n) is 3.59. The lowest BCUT2D eigenvalue weighted by Crippen LogP contribution is -2.24. The van der Waals surface area contributed by atoms with Crippen LogP contribution in [0.15, 0.2) is 48.5 Å². The zero-order valence-electron chi connectivity index (χ0n) is 12.6. The topological polar surface area (TPSA) is 30.5 Å². The van der Waals surface area contributed by atoms with Crippen LogP contribution in [0.3, 0.4) is 0 Å². The molecule has 1 aliphatic rings. The van der Waals surface area contributed by atoms with Crippen molar-refractivity contribution in [1.29, 1.82) is 0 Å².